The van der Waals surface area contributed by atoms with Crippen LogP contribution in [0.25, 0.3) is 28.1 Å². The van der Waals surface area contributed by atoms with Crippen LogP contribution in [0.1, 0.15) is 0 Å². The van der Waals surface area contributed by atoms with Gasteiger partial charge in [-0.25, -0.2) is 9.67 Å². The number of H-pyrrole nitrogens is 1. The maximum Gasteiger partial charge on any atom is 0.269 e. The molecule has 0 aliphatic heterocycles. The molecule has 122 valence electrons. The van der Waals surface area contributed by atoms with Crippen molar-refractivity contribution < 1.29 is 4.92 Å². The van der Waals surface area contributed by atoms with Crippen molar-refractivity contribution >= 4 is 16.6 Å². The maximum atomic E-state index is 12.1. The Morgan fingerprint density at radius 3 is 2.60 bits per heavy atom. The number of hydrogen-bond donors (Lipinski definition) is 1. The van der Waals surface area contributed by atoms with Crippen LogP contribution in [0.3, 0.4) is 0 Å². The van der Waals surface area contributed by atoms with Gasteiger partial charge < -0.3 is 4.98 Å². The molecule has 0 aliphatic carbocycles. The molecule has 0 spiro atoms. The number of non-ortho nitro benzene ring substituents is 1. The molecule has 0 radical (unpaired) electrons. The first-order valence-electron chi connectivity index (χ1n) is 7.28. The fraction of sp³-hybridized carbons (Fsp3) is 0. The van der Waals surface area contributed by atoms with Crippen molar-refractivity contribution in [3.8, 4) is 17.2 Å². The summed E-state index contributed by atoms with van der Waals surface area (Å²) in [6, 6.07) is 12.9. The molecule has 25 heavy (non-hydrogen) atoms. The summed E-state index contributed by atoms with van der Waals surface area (Å²) in [6.45, 7) is 0. The molecule has 2 heterocycles. The van der Waals surface area contributed by atoms with Crippen LogP contribution in [-0.2, 0) is 0 Å². The summed E-state index contributed by atoms with van der Waals surface area (Å²) in [5.41, 5.74) is 1.29. The molecule has 0 bridgehead atoms. The molecule has 2 aromatic carbocycles. The quantitative estimate of drug-likeness (QED) is 0.452. The molecule has 4 rings (SSSR count). The molecule has 4 aromatic rings. The number of benzene rings is 2. The topological polar surface area (TPSA) is 120 Å². The predicted octanol–water partition coefficient (Wildman–Crippen LogP) is 2.08. The fourth-order valence-corrected chi connectivity index (χ4v) is 2.43. The molecule has 0 aliphatic rings. The van der Waals surface area contributed by atoms with Crippen molar-refractivity contribution in [2.75, 3.05) is 0 Å². The number of fused-ring (bicyclic) bond motifs is 1. The Balaban J connectivity index is 1.74. The van der Waals surface area contributed by atoms with E-state index >= 15 is 0 Å². The van der Waals surface area contributed by atoms with Gasteiger partial charge in [0.2, 0.25) is 0 Å². The van der Waals surface area contributed by atoms with Gasteiger partial charge in [0, 0.05) is 12.1 Å². The molecule has 1 N–H and O–H groups in total. The third-order valence-corrected chi connectivity index (χ3v) is 3.67. The van der Waals surface area contributed by atoms with E-state index in [9.17, 15) is 14.9 Å². The molecule has 9 heteroatoms. The number of aromatic nitrogens is 5. The molecule has 0 saturated carbocycles. The zero-order chi connectivity index (χ0) is 17.4. The predicted molar refractivity (Wildman–Crippen MR) is 89.4 cm³/mol. The number of hydrogen-bond acceptors (Lipinski definition) is 6. The lowest BCUT2D eigenvalue weighted by atomic mass is 10.2. The number of rotatable bonds is 3. The Morgan fingerprint density at radius 1 is 1.08 bits per heavy atom. The first kappa shape index (κ1) is 14.7. The Labute approximate surface area is 139 Å². The van der Waals surface area contributed by atoms with E-state index in [-0.39, 0.29) is 11.2 Å². The maximum absolute atomic E-state index is 12.1. The second kappa shape index (κ2) is 5.64. The van der Waals surface area contributed by atoms with E-state index < -0.39 is 4.92 Å². The van der Waals surface area contributed by atoms with Crippen molar-refractivity contribution in [1.82, 2.24) is 25.0 Å². The minimum absolute atomic E-state index is 0.00962. The minimum atomic E-state index is -0.472. The van der Waals surface area contributed by atoms with E-state index in [0.29, 0.717) is 28.1 Å². The molecule has 0 fully saturated rings. The van der Waals surface area contributed by atoms with Gasteiger partial charge >= 0.3 is 0 Å². The Morgan fingerprint density at radius 2 is 1.84 bits per heavy atom. The van der Waals surface area contributed by atoms with E-state index in [4.69, 9.17) is 0 Å². The van der Waals surface area contributed by atoms with Gasteiger partial charge in [0.25, 0.3) is 11.2 Å². The number of nitrogens with zero attached hydrogens (tertiary/aromatic N) is 5. The summed E-state index contributed by atoms with van der Waals surface area (Å²) >= 11 is 0. The molecular weight excluding hydrogens is 324 g/mol. The van der Waals surface area contributed by atoms with Crippen molar-refractivity contribution in [3.63, 3.8) is 0 Å². The number of aromatic amines is 1. The fourth-order valence-electron chi connectivity index (χ4n) is 2.43. The Hall–Kier alpha value is -3.88. The summed E-state index contributed by atoms with van der Waals surface area (Å²) in [6.07, 6.45) is 1.59. The van der Waals surface area contributed by atoms with E-state index in [0.717, 1.165) is 0 Å². The second-order valence-corrected chi connectivity index (χ2v) is 5.25. The molecule has 0 atom stereocenters. The van der Waals surface area contributed by atoms with E-state index in [1.165, 1.54) is 16.8 Å². The molecule has 2 aromatic heterocycles. The van der Waals surface area contributed by atoms with Gasteiger partial charge in [0.1, 0.15) is 5.69 Å². The van der Waals surface area contributed by atoms with Crippen LogP contribution < -0.4 is 5.56 Å². The number of nitro groups is 1. The van der Waals surface area contributed by atoms with Gasteiger partial charge in [-0.3, -0.25) is 14.9 Å². The summed E-state index contributed by atoms with van der Waals surface area (Å²) in [7, 11) is 0. The lowest BCUT2D eigenvalue weighted by Gasteiger charge is -2.00. The van der Waals surface area contributed by atoms with Crippen LogP contribution in [0.5, 0.6) is 0 Å². The van der Waals surface area contributed by atoms with Crippen LogP contribution in [0, 0.1) is 10.1 Å². The van der Waals surface area contributed by atoms with Crippen molar-refractivity contribution in [3.05, 3.63) is 75.2 Å². The van der Waals surface area contributed by atoms with Crippen LogP contribution in [0.15, 0.2) is 59.5 Å². The minimum Gasteiger partial charge on any atom is -0.305 e. The Kier molecular flexibility index (Phi) is 3.31. The number of nitro benzene ring substituents is 1. The van der Waals surface area contributed by atoms with Crippen LogP contribution in [0.4, 0.5) is 5.69 Å². The highest BCUT2D eigenvalue weighted by molar-refractivity contribution is 5.78. The summed E-state index contributed by atoms with van der Waals surface area (Å²) < 4.78 is 1.45. The van der Waals surface area contributed by atoms with Gasteiger partial charge in [-0.1, -0.05) is 17.3 Å². The number of para-hydroxylation sites is 1. The molecular formula is C16H10N6O3. The highest BCUT2D eigenvalue weighted by Gasteiger charge is 2.11. The van der Waals surface area contributed by atoms with Crippen LogP contribution >= 0.6 is 0 Å². The first-order chi connectivity index (χ1) is 12.1. The summed E-state index contributed by atoms with van der Waals surface area (Å²) in [5, 5.41) is 19.2. The van der Waals surface area contributed by atoms with Gasteiger partial charge in [0.15, 0.2) is 5.82 Å². The molecule has 0 saturated heterocycles. The zero-order valence-corrected chi connectivity index (χ0v) is 12.7. The van der Waals surface area contributed by atoms with Crippen molar-refractivity contribution in [2.24, 2.45) is 0 Å². The lowest BCUT2D eigenvalue weighted by Crippen LogP contribution is -2.09. The third kappa shape index (κ3) is 2.63. The van der Waals surface area contributed by atoms with Gasteiger partial charge in [-0.15, -0.1) is 5.10 Å². The van der Waals surface area contributed by atoms with Crippen molar-refractivity contribution in [2.45, 2.75) is 0 Å². The largest absolute Gasteiger partial charge is 0.305 e. The standard InChI is InChI=1S/C16H10N6O3/c23-16-12-3-1-2-4-13(12)17-15(18-16)14-9-21(20-19-14)10-5-7-11(8-6-10)22(24)25/h1-9H,(H,17,18,23). The Bertz CT molecular complexity index is 1150. The zero-order valence-electron chi connectivity index (χ0n) is 12.7. The molecule has 9 nitrogen and oxygen atoms in total. The monoisotopic (exact) mass is 334 g/mol. The average molecular weight is 334 g/mol. The van der Waals surface area contributed by atoms with Gasteiger partial charge in [-0.05, 0) is 24.3 Å². The first-order valence-corrected chi connectivity index (χ1v) is 7.28. The van der Waals surface area contributed by atoms with Gasteiger partial charge in [-0.2, -0.15) is 0 Å². The van der Waals surface area contributed by atoms with Crippen LogP contribution in [-0.4, -0.2) is 29.9 Å². The van der Waals surface area contributed by atoms with E-state index in [1.807, 2.05) is 0 Å². The molecule has 0 amide bonds. The van der Waals surface area contributed by atoms with Gasteiger partial charge in [0.05, 0.1) is 27.7 Å². The SMILES string of the molecule is O=c1[nH]c(-c2cn(-c3ccc([N+](=O)[O-])cc3)nn2)nc2ccccc12. The average Bonchev–Trinajstić information content (AvgIpc) is 3.12. The summed E-state index contributed by atoms with van der Waals surface area (Å²) in [5.74, 6) is 0.303. The third-order valence-electron chi connectivity index (χ3n) is 3.67. The van der Waals surface area contributed by atoms with Crippen molar-refractivity contribution in [1.29, 1.82) is 0 Å². The highest BCUT2D eigenvalue weighted by atomic mass is 16.6. The normalized spacial score (nSPS) is 10.9. The van der Waals surface area contributed by atoms with E-state index in [2.05, 4.69) is 20.3 Å². The lowest BCUT2D eigenvalue weighted by molar-refractivity contribution is -0.384. The van der Waals surface area contributed by atoms with Crippen LogP contribution in [0.2, 0.25) is 0 Å². The smallest absolute Gasteiger partial charge is 0.269 e. The van der Waals surface area contributed by atoms with E-state index in [1.54, 1.807) is 42.6 Å². The molecule has 0 unspecified atom stereocenters. The second-order valence-electron chi connectivity index (χ2n) is 5.25. The summed E-state index contributed by atoms with van der Waals surface area (Å²) in [4.78, 5) is 29.4. The number of nitrogens with one attached hydrogen (secondary N) is 1. The highest BCUT2D eigenvalue weighted by Crippen LogP contribution is 2.17.